The Hall–Kier alpha value is -8.46. The number of hydrogen-bond donors (Lipinski definition) is 0. The summed E-state index contributed by atoms with van der Waals surface area (Å²) in [6.07, 6.45) is 2.22. The van der Waals surface area contributed by atoms with Gasteiger partial charge in [0.15, 0.2) is 0 Å². The summed E-state index contributed by atoms with van der Waals surface area (Å²) in [6.45, 7) is 41.1. The summed E-state index contributed by atoms with van der Waals surface area (Å²) in [4.78, 5) is 7.67. The molecule has 6 aliphatic heterocycles. The van der Waals surface area contributed by atoms with Crippen LogP contribution < -0.4 is 77.6 Å². The van der Waals surface area contributed by atoms with Crippen molar-refractivity contribution in [1.29, 1.82) is 0 Å². The number of rotatable bonds is 4. The molecule has 0 radical (unpaired) electrons. The second kappa shape index (κ2) is 20.5. The Morgan fingerprint density at radius 2 is 0.585 bits per heavy atom. The van der Waals surface area contributed by atoms with Crippen LogP contribution in [-0.4, -0.2) is 26.4 Å². The summed E-state index contributed by atoms with van der Waals surface area (Å²) in [5.74, 6) is 3.44. The third kappa shape index (κ3) is 9.29. The van der Waals surface area contributed by atoms with Gasteiger partial charge in [0.2, 0.25) is 0 Å². The highest BCUT2D eigenvalue weighted by Crippen LogP contribution is 2.50. The van der Waals surface area contributed by atoms with Gasteiger partial charge >= 0.3 is 0 Å². The van der Waals surface area contributed by atoms with E-state index in [1.165, 1.54) is 106 Å². The Balaban J connectivity index is 0.956. The van der Waals surface area contributed by atoms with Crippen molar-refractivity contribution in [2.24, 2.45) is 0 Å². The number of fused-ring (bicyclic) bond motifs is 12. The van der Waals surface area contributed by atoms with Crippen LogP contribution in [0, 0.1) is 20.8 Å². The van der Waals surface area contributed by atoms with Gasteiger partial charge in [0.1, 0.15) is 23.0 Å². The van der Waals surface area contributed by atoms with E-state index in [2.05, 4.69) is 320 Å². The maximum absolute atomic E-state index is 7.51. The van der Waals surface area contributed by atoms with E-state index < -0.39 is 0 Å². The molecule has 10 aromatic rings. The van der Waals surface area contributed by atoms with Crippen LogP contribution in [0.2, 0.25) is 0 Å². The maximum atomic E-state index is 7.51. The monoisotopic (exact) mass is 1250 g/mol. The van der Waals surface area contributed by atoms with Crippen LogP contribution in [0.1, 0.15) is 148 Å². The average Bonchev–Trinajstić information content (AvgIpc) is 0.695. The van der Waals surface area contributed by atoms with Gasteiger partial charge in [-0.05, 0) is 233 Å². The minimum atomic E-state index is -0.225. The molecule has 10 heteroatoms. The molecule has 6 aliphatic rings. The second-order valence-corrected chi connectivity index (χ2v) is 33.7. The molecule has 468 valence electrons. The highest BCUT2D eigenvalue weighted by Gasteiger charge is 2.50. The minimum absolute atomic E-state index is 0.00976. The first-order valence-electron chi connectivity index (χ1n) is 33.9. The highest BCUT2D eigenvalue weighted by molar-refractivity contribution is 8.00. The third-order valence-corrected chi connectivity index (χ3v) is 21.9. The van der Waals surface area contributed by atoms with Crippen LogP contribution in [0.25, 0.3) is 0 Å². The van der Waals surface area contributed by atoms with Crippen LogP contribution in [0.4, 0.5) is 62.6 Å². The Bertz CT molecular complexity index is 4870. The van der Waals surface area contributed by atoms with E-state index >= 15 is 0 Å². The molecule has 10 aromatic carbocycles. The SMILES string of the molecule is CSN1c2cc3c(cc2B2c4cc(C(C)(C)C)ccc4N(c4ccc(C(C)(C)C)cc4)c4cc(C)cc1c42)B1c2cc4c(cc2Oc2cc(C)cc(c21)O3)N(c1ccc(C(C)(C)C)cc1)c1cc(C)cc2c1B4c1cc(C(C)(C)C)ccc1N2c1ccc(C(C)(C)C)cc1. The van der Waals surface area contributed by atoms with Gasteiger partial charge in [-0.3, -0.25) is 4.31 Å². The zero-order valence-corrected chi connectivity index (χ0v) is 59.2. The molecule has 0 amide bonds. The van der Waals surface area contributed by atoms with Gasteiger partial charge in [-0.1, -0.05) is 177 Å². The third-order valence-electron chi connectivity index (χ3n) is 21.1. The number of ether oxygens (including phenoxy) is 2. The molecule has 0 fully saturated rings. The van der Waals surface area contributed by atoms with Crippen molar-refractivity contribution in [3.63, 3.8) is 0 Å². The molecular weight excluding hydrogens is 1160 g/mol. The summed E-state index contributed by atoms with van der Waals surface area (Å²) >= 11 is 1.77. The lowest BCUT2D eigenvalue weighted by atomic mass is 9.29. The van der Waals surface area contributed by atoms with Gasteiger partial charge in [-0.15, -0.1) is 0 Å². The van der Waals surface area contributed by atoms with Crippen molar-refractivity contribution >= 4 is 144 Å². The van der Waals surface area contributed by atoms with Crippen molar-refractivity contribution in [2.45, 2.75) is 152 Å². The topological polar surface area (TPSA) is 31.4 Å². The van der Waals surface area contributed by atoms with Gasteiger partial charge in [0, 0.05) is 75.0 Å². The smallest absolute Gasteiger partial charge is 0.260 e. The molecule has 0 aromatic heterocycles. The Morgan fingerprint density at radius 1 is 0.277 bits per heavy atom. The fourth-order valence-electron chi connectivity index (χ4n) is 16.2. The molecule has 6 heterocycles. The minimum Gasteiger partial charge on any atom is -0.458 e. The first-order valence-corrected chi connectivity index (χ1v) is 35.1. The van der Waals surface area contributed by atoms with Crippen LogP contribution in [0.3, 0.4) is 0 Å². The van der Waals surface area contributed by atoms with Gasteiger partial charge in [-0.25, -0.2) is 0 Å². The van der Waals surface area contributed by atoms with E-state index in [4.69, 9.17) is 9.47 Å². The summed E-state index contributed by atoms with van der Waals surface area (Å²) in [5.41, 5.74) is 34.0. The molecule has 0 N–H and O–H groups in total. The molecule has 6 nitrogen and oxygen atoms in total. The molecule has 94 heavy (non-hydrogen) atoms. The first-order chi connectivity index (χ1) is 44.4. The molecule has 0 bridgehead atoms. The molecule has 0 spiro atoms. The van der Waals surface area contributed by atoms with Crippen molar-refractivity contribution in [2.75, 3.05) is 25.3 Å². The van der Waals surface area contributed by atoms with E-state index in [9.17, 15) is 0 Å². The van der Waals surface area contributed by atoms with Gasteiger partial charge in [0.05, 0.1) is 11.4 Å². The zero-order valence-electron chi connectivity index (χ0n) is 58.4. The molecule has 0 saturated carbocycles. The van der Waals surface area contributed by atoms with E-state index in [1.807, 2.05) is 0 Å². The summed E-state index contributed by atoms with van der Waals surface area (Å²) in [7, 11) is 0. The summed E-state index contributed by atoms with van der Waals surface area (Å²) < 4.78 is 17.4. The first kappa shape index (κ1) is 60.5. The lowest BCUT2D eigenvalue weighted by Gasteiger charge is -2.46. The predicted octanol–water partition coefficient (Wildman–Crippen LogP) is 16.9. The van der Waals surface area contributed by atoms with E-state index in [0.717, 1.165) is 73.4 Å². The quantitative estimate of drug-likeness (QED) is 0.128. The van der Waals surface area contributed by atoms with Gasteiger partial charge in [-0.2, -0.15) is 0 Å². The van der Waals surface area contributed by atoms with Crippen LogP contribution >= 0.6 is 11.9 Å². The predicted molar refractivity (Wildman–Crippen MR) is 407 cm³/mol. The second-order valence-electron chi connectivity index (χ2n) is 32.9. The van der Waals surface area contributed by atoms with Crippen molar-refractivity contribution in [3.05, 3.63) is 214 Å². The Labute approximate surface area is 564 Å². The number of aryl methyl sites for hydroxylation is 3. The number of nitrogens with zero attached hydrogens (tertiary/aromatic N) is 4. The normalized spacial score (nSPS) is 14.8. The average molecular weight is 1250 g/mol. The molecule has 0 atom stereocenters. The summed E-state index contributed by atoms with van der Waals surface area (Å²) in [5, 5.41) is 0. The molecule has 0 saturated heterocycles. The number of benzene rings is 10. The van der Waals surface area contributed by atoms with Crippen molar-refractivity contribution in [1.82, 2.24) is 0 Å². The zero-order chi connectivity index (χ0) is 65.9. The fourth-order valence-corrected chi connectivity index (χ4v) is 16.9. The highest BCUT2D eigenvalue weighted by atomic mass is 32.2. The van der Waals surface area contributed by atoms with E-state index in [-0.39, 0.29) is 47.2 Å². The molecule has 0 unspecified atom stereocenters. The maximum Gasteiger partial charge on any atom is 0.260 e. The van der Waals surface area contributed by atoms with Gasteiger partial charge < -0.3 is 24.2 Å². The van der Waals surface area contributed by atoms with Crippen LogP contribution in [-0.2, 0) is 27.1 Å². The Morgan fingerprint density at radius 3 is 0.968 bits per heavy atom. The van der Waals surface area contributed by atoms with E-state index in [0.29, 0.717) is 0 Å². The molecular formula is C84H85B3N4O2S. The number of anilines is 11. The Kier molecular flexibility index (Phi) is 13.2. The van der Waals surface area contributed by atoms with Crippen molar-refractivity contribution < 1.29 is 9.47 Å². The van der Waals surface area contributed by atoms with E-state index in [1.54, 1.807) is 11.9 Å². The largest absolute Gasteiger partial charge is 0.458 e. The lowest BCUT2D eigenvalue weighted by molar-refractivity contribution is 0.464. The summed E-state index contributed by atoms with van der Waals surface area (Å²) in [6, 6.07) is 66.8. The lowest BCUT2D eigenvalue weighted by Crippen LogP contribution is -2.65. The standard InChI is InChI=1S/C84H85B3N4O2S/c1-48-36-69-77-70(37-48)90(58-32-24-53(25-33-58)82(10,11)12)67-46-73-63(44-61(67)85(77)59-42-54(83(13,14)15)26-34-65(59)88(69)56-28-20-51(21-29-56)80(4,5)6)87-64-45-62-68(47-74(64)93-76-41-50(3)40-75(92-73)79(76)87)91(94-19)72-39-49(2)38-71-78(72)86(62)60-43-55(84(16,17)18)27-35-66(60)89(71)57-30-22-52(23-31-57)81(7,8)9/h20-47H,1-19H3. The van der Waals surface area contributed by atoms with Crippen LogP contribution in [0.5, 0.6) is 23.0 Å². The fraction of sp³-hybridized carbons (Fsp3) is 0.286. The molecule has 0 aliphatic carbocycles. The molecule has 16 rings (SSSR count). The van der Waals surface area contributed by atoms with Gasteiger partial charge in [0.25, 0.3) is 20.1 Å². The number of hydrogen-bond acceptors (Lipinski definition) is 7. The van der Waals surface area contributed by atoms with Crippen molar-refractivity contribution in [3.8, 4) is 23.0 Å². The van der Waals surface area contributed by atoms with Crippen LogP contribution in [0.15, 0.2) is 170 Å².